The molecule has 0 bridgehead atoms. The molecule has 0 saturated heterocycles. The van der Waals surface area contributed by atoms with Gasteiger partial charge in [0.15, 0.2) is 0 Å². The van der Waals surface area contributed by atoms with Crippen molar-refractivity contribution in [3.63, 3.8) is 0 Å². The van der Waals surface area contributed by atoms with Crippen molar-refractivity contribution in [3.05, 3.63) is 11.9 Å². The second-order valence-electron chi connectivity index (χ2n) is 2.13. The number of carboxylic acid groups (broad SMARTS) is 1. The number of aromatic nitrogens is 3. The fourth-order valence-corrected chi connectivity index (χ4v) is 0.814. The molecule has 0 unspecified atom stereocenters. The summed E-state index contributed by atoms with van der Waals surface area (Å²) < 4.78 is 1.38. The fraction of sp³-hybridized carbons (Fsp3) is 0.500. The van der Waals surface area contributed by atoms with Gasteiger partial charge in [0.2, 0.25) is 0 Å². The lowest BCUT2D eigenvalue weighted by Crippen LogP contribution is -2.12. The van der Waals surface area contributed by atoms with Crippen LogP contribution in [0.4, 0.5) is 0 Å². The summed E-state index contributed by atoms with van der Waals surface area (Å²) in [5, 5.41) is 15.6. The van der Waals surface area contributed by atoms with Crippen LogP contribution in [-0.4, -0.2) is 26.1 Å². The lowest BCUT2D eigenvalue weighted by atomic mass is 10.4. The Hall–Kier alpha value is -1.39. The maximum absolute atomic E-state index is 10.2. The maximum atomic E-state index is 10.2. The molecule has 1 N–H and O–H groups in total. The Labute approximate surface area is 63.6 Å². The Morgan fingerprint density at radius 2 is 2.55 bits per heavy atom. The predicted octanol–water partition coefficient (Wildman–Crippen LogP) is -0.0749. The van der Waals surface area contributed by atoms with Gasteiger partial charge in [-0.05, 0) is 6.42 Å². The summed E-state index contributed by atoms with van der Waals surface area (Å²) in [6, 6.07) is 0. The minimum absolute atomic E-state index is 0.108. The quantitative estimate of drug-likeness (QED) is 0.663. The van der Waals surface area contributed by atoms with Crippen LogP contribution in [0.5, 0.6) is 0 Å². The highest BCUT2D eigenvalue weighted by atomic mass is 16.4. The standard InChI is InChI=1S/C6H9N3O2/c1-2-5-3-7-8-9(5)4-6(10)11/h3H,2,4H2,1H3,(H,10,11). The second kappa shape index (κ2) is 3.14. The van der Waals surface area contributed by atoms with E-state index in [-0.39, 0.29) is 6.54 Å². The van der Waals surface area contributed by atoms with Crippen molar-refractivity contribution in [1.29, 1.82) is 0 Å². The summed E-state index contributed by atoms with van der Waals surface area (Å²) in [6.07, 6.45) is 2.32. The van der Waals surface area contributed by atoms with Gasteiger partial charge in [0.1, 0.15) is 6.54 Å². The van der Waals surface area contributed by atoms with Crippen LogP contribution in [0.2, 0.25) is 0 Å². The van der Waals surface area contributed by atoms with Crippen LogP contribution in [0.15, 0.2) is 6.20 Å². The van der Waals surface area contributed by atoms with Crippen molar-refractivity contribution in [2.75, 3.05) is 0 Å². The van der Waals surface area contributed by atoms with Gasteiger partial charge in [0.25, 0.3) is 0 Å². The summed E-state index contributed by atoms with van der Waals surface area (Å²) in [6.45, 7) is 1.82. The van der Waals surface area contributed by atoms with Gasteiger partial charge in [-0.3, -0.25) is 4.79 Å². The number of hydrogen-bond acceptors (Lipinski definition) is 3. The highest BCUT2D eigenvalue weighted by molar-refractivity contribution is 5.66. The van der Waals surface area contributed by atoms with E-state index in [1.165, 1.54) is 4.68 Å². The molecule has 0 aliphatic heterocycles. The molecule has 5 nitrogen and oxygen atoms in total. The number of rotatable bonds is 3. The van der Waals surface area contributed by atoms with Crippen molar-refractivity contribution in [2.24, 2.45) is 0 Å². The van der Waals surface area contributed by atoms with Crippen LogP contribution in [0.1, 0.15) is 12.6 Å². The molecule has 1 aromatic heterocycles. The second-order valence-corrected chi connectivity index (χ2v) is 2.13. The SMILES string of the molecule is CCc1cnnn1CC(=O)O. The third-order valence-corrected chi connectivity index (χ3v) is 1.35. The average Bonchev–Trinajstić information content (AvgIpc) is 2.34. The van der Waals surface area contributed by atoms with Crippen LogP contribution in [0.25, 0.3) is 0 Å². The average molecular weight is 155 g/mol. The topological polar surface area (TPSA) is 68.0 Å². The smallest absolute Gasteiger partial charge is 0.325 e. The van der Waals surface area contributed by atoms with Gasteiger partial charge >= 0.3 is 5.97 Å². The molecule has 1 aromatic rings. The number of aliphatic carboxylic acids is 1. The Bertz CT molecular complexity index is 256. The lowest BCUT2D eigenvalue weighted by Gasteiger charge is -1.98. The Morgan fingerprint density at radius 3 is 3.09 bits per heavy atom. The summed E-state index contributed by atoms with van der Waals surface area (Å²) in [5.41, 5.74) is 0.840. The van der Waals surface area contributed by atoms with Crippen molar-refractivity contribution in [2.45, 2.75) is 19.9 Å². The molecule has 0 fully saturated rings. The summed E-state index contributed by atoms with van der Waals surface area (Å²) in [7, 11) is 0. The van der Waals surface area contributed by atoms with Crippen LogP contribution in [0, 0.1) is 0 Å². The van der Waals surface area contributed by atoms with Crippen LogP contribution >= 0.6 is 0 Å². The molecular formula is C6H9N3O2. The monoisotopic (exact) mass is 155 g/mol. The molecule has 0 radical (unpaired) electrons. The van der Waals surface area contributed by atoms with Gasteiger partial charge in [0.05, 0.1) is 11.9 Å². The molecule has 0 amide bonds. The molecule has 0 atom stereocenters. The van der Waals surface area contributed by atoms with Gasteiger partial charge < -0.3 is 5.11 Å². The predicted molar refractivity (Wildman–Crippen MR) is 37.0 cm³/mol. The minimum Gasteiger partial charge on any atom is -0.480 e. The summed E-state index contributed by atoms with van der Waals surface area (Å²) in [4.78, 5) is 10.2. The van der Waals surface area contributed by atoms with Crippen LogP contribution in [-0.2, 0) is 17.8 Å². The molecule has 0 aliphatic carbocycles. The molecule has 5 heteroatoms. The first kappa shape index (κ1) is 7.71. The van der Waals surface area contributed by atoms with E-state index in [1.54, 1.807) is 6.20 Å². The summed E-state index contributed by atoms with van der Waals surface area (Å²) in [5.74, 6) is -0.898. The molecule has 60 valence electrons. The van der Waals surface area contributed by atoms with E-state index in [0.29, 0.717) is 0 Å². The largest absolute Gasteiger partial charge is 0.480 e. The number of nitrogens with zero attached hydrogens (tertiary/aromatic N) is 3. The van der Waals surface area contributed by atoms with Gasteiger partial charge in [-0.15, -0.1) is 5.10 Å². The molecular weight excluding hydrogens is 146 g/mol. The first-order valence-electron chi connectivity index (χ1n) is 3.33. The van der Waals surface area contributed by atoms with Crippen molar-refractivity contribution in [1.82, 2.24) is 15.0 Å². The first-order chi connectivity index (χ1) is 5.24. The van der Waals surface area contributed by atoms with E-state index >= 15 is 0 Å². The van der Waals surface area contributed by atoms with Gasteiger partial charge in [-0.1, -0.05) is 12.1 Å². The zero-order valence-corrected chi connectivity index (χ0v) is 6.19. The van der Waals surface area contributed by atoms with E-state index < -0.39 is 5.97 Å². The molecule has 0 aromatic carbocycles. The van der Waals surface area contributed by atoms with Crippen LogP contribution < -0.4 is 0 Å². The Kier molecular flexibility index (Phi) is 2.20. The lowest BCUT2D eigenvalue weighted by molar-refractivity contribution is -0.137. The number of aryl methyl sites for hydroxylation is 1. The van der Waals surface area contributed by atoms with Crippen molar-refractivity contribution >= 4 is 5.97 Å². The van der Waals surface area contributed by atoms with E-state index in [1.807, 2.05) is 6.92 Å². The molecule has 1 heterocycles. The Balaban J connectivity index is 2.76. The number of carbonyl (C=O) groups is 1. The molecule has 1 rings (SSSR count). The van der Waals surface area contributed by atoms with Crippen molar-refractivity contribution < 1.29 is 9.90 Å². The van der Waals surface area contributed by atoms with E-state index in [4.69, 9.17) is 5.11 Å². The van der Waals surface area contributed by atoms with Gasteiger partial charge in [-0.25, -0.2) is 4.68 Å². The highest BCUT2D eigenvalue weighted by Gasteiger charge is 2.04. The zero-order valence-electron chi connectivity index (χ0n) is 6.19. The van der Waals surface area contributed by atoms with E-state index in [0.717, 1.165) is 12.1 Å². The number of hydrogen-bond donors (Lipinski definition) is 1. The fourth-order valence-electron chi connectivity index (χ4n) is 0.814. The van der Waals surface area contributed by atoms with Gasteiger partial charge in [-0.2, -0.15) is 0 Å². The first-order valence-corrected chi connectivity index (χ1v) is 3.33. The normalized spacial score (nSPS) is 9.91. The highest BCUT2D eigenvalue weighted by Crippen LogP contribution is 1.95. The Morgan fingerprint density at radius 1 is 1.82 bits per heavy atom. The third-order valence-electron chi connectivity index (χ3n) is 1.35. The molecule has 0 spiro atoms. The maximum Gasteiger partial charge on any atom is 0.325 e. The summed E-state index contributed by atoms with van der Waals surface area (Å²) >= 11 is 0. The van der Waals surface area contributed by atoms with Gasteiger partial charge in [0, 0.05) is 0 Å². The zero-order chi connectivity index (χ0) is 8.27. The van der Waals surface area contributed by atoms with Crippen molar-refractivity contribution in [3.8, 4) is 0 Å². The molecule has 0 aliphatic rings. The molecule has 11 heavy (non-hydrogen) atoms. The minimum atomic E-state index is -0.898. The molecule has 0 saturated carbocycles. The number of carboxylic acids is 1. The van der Waals surface area contributed by atoms with E-state index in [2.05, 4.69) is 10.3 Å². The van der Waals surface area contributed by atoms with Crippen LogP contribution in [0.3, 0.4) is 0 Å². The van der Waals surface area contributed by atoms with E-state index in [9.17, 15) is 4.79 Å². The third kappa shape index (κ3) is 1.76.